The van der Waals surface area contributed by atoms with Crippen LogP contribution in [-0.4, -0.2) is 20.2 Å². The SMILES string of the molecule is COc1ccc(/C=C/C(=O)Oc2ccc(/C=C(/C#N)c3cccc(Cl)c3)cc2)cc1OC. The van der Waals surface area contributed by atoms with E-state index >= 15 is 0 Å². The molecular weight excluding hydrogens is 426 g/mol. The molecule has 0 aliphatic heterocycles. The van der Waals surface area contributed by atoms with Crippen LogP contribution in [0, 0.1) is 11.3 Å². The minimum atomic E-state index is -0.514. The molecule has 0 aliphatic carbocycles. The highest BCUT2D eigenvalue weighted by atomic mass is 35.5. The first-order valence-corrected chi connectivity index (χ1v) is 10.00. The Hall–Kier alpha value is -4.01. The first-order valence-electron chi connectivity index (χ1n) is 9.62. The second kappa shape index (κ2) is 10.9. The van der Waals surface area contributed by atoms with Crippen LogP contribution in [0.3, 0.4) is 0 Å². The summed E-state index contributed by atoms with van der Waals surface area (Å²) in [6.07, 6.45) is 4.71. The van der Waals surface area contributed by atoms with E-state index in [1.807, 2.05) is 6.07 Å². The van der Waals surface area contributed by atoms with Crippen LogP contribution in [0.2, 0.25) is 5.02 Å². The van der Waals surface area contributed by atoms with Crippen molar-refractivity contribution in [1.82, 2.24) is 0 Å². The predicted molar refractivity (Wildman–Crippen MR) is 126 cm³/mol. The number of hydrogen-bond donors (Lipinski definition) is 0. The summed E-state index contributed by atoms with van der Waals surface area (Å²) in [5, 5.41) is 10.0. The number of benzene rings is 3. The average molecular weight is 446 g/mol. The van der Waals surface area contributed by atoms with E-state index in [0.29, 0.717) is 27.8 Å². The molecule has 0 aliphatic rings. The van der Waals surface area contributed by atoms with Crippen molar-refractivity contribution in [3.8, 4) is 23.3 Å². The maximum atomic E-state index is 12.2. The first-order chi connectivity index (χ1) is 15.5. The van der Waals surface area contributed by atoms with Gasteiger partial charge in [-0.15, -0.1) is 0 Å². The molecule has 0 saturated carbocycles. The maximum absolute atomic E-state index is 12.2. The van der Waals surface area contributed by atoms with Crippen molar-refractivity contribution in [2.75, 3.05) is 14.2 Å². The summed E-state index contributed by atoms with van der Waals surface area (Å²) < 4.78 is 15.8. The Morgan fingerprint density at radius 2 is 1.66 bits per heavy atom. The van der Waals surface area contributed by atoms with Crippen LogP contribution >= 0.6 is 11.6 Å². The summed E-state index contributed by atoms with van der Waals surface area (Å²) in [6.45, 7) is 0. The first kappa shape index (κ1) is 22.7. The Bertz CT molecular complexity index is 1210. The van der Waals surface area contributed by atoms with Gasteiger partial charge in [0.15, 0.2) is 11.5 Å². The van der Waals surface area contributed by atoms with Gasteiger partial charge in [-0.3, -0.25) is 0 Å². The van der Waals surface area contributed by atoms with Gasteiger partial charge < -0.3 is 14.2 Å². The molecule has 32 heavy (non-hydrogen) atoms. The van der Waals surface area contributed by atoms with Gasteiger partial charge in [0.25, 0.3) is 0 Å². The molecule has 0 bridgehead atoms. The van der Waals surface area contributed by atoms with E-state index < -0.39 is 5.97 Å². The molecule has 0 aromatic heterocycles. The lowest BCUT2D eigenvalue weighted by Gasteiger charge is -2.07. The fraction of sp³-hybridized carbons (Fsp3) is 0.0769. The Morgan fingerprint density at radius 3 is 2.31 bits per heavy atom. The van der Waals surface area contributed by atoms with Gasteiger partial charge in [0.05, 0.1) is 25.9 Å². The fourth-order valence-electron chi connectivity index (χ4n) is 2.91. The van der Waals surface area contributed by atoms with Crippen LogP contribution in [0.5, 0.6) is 17.2 Å². The zero-order valence-electron chi connectivity index (χ0n) is 17.5. The lowest BCUT2D eigenvalue weighted by atomic mass is 10.0. The number of carbonyl (C=O) groups is 1. The van der Waals surface area contributed by atoms with Gasteiger partial charge in [0, 0.05) is 11.1 Å². The fourth-order valence-corrected chi connectivity index (χ4v) is 3.10. The molecule has 0 radical (unpaired) electrons. The molecule has 0 amide bonds. The number of hydrogen-bond acceptors (Lipinski definition) is 5. The molecule has 0 N–H and O–H groups in total. The lowest BCUT2D eigenvalue weighted by molar-refractivity contribution is -0.128. The maximum Gasteiger partial charge on any atom is 0.336 e. The normalized spacial score (nSPS) is 11.1. The van der Waals surface area contributed by atoms with Crippen molar-refractivity contribution in [1.29, 1.82) is 5.26 Å². The quantitative estimate of drug-likeness (QED) is 0.146. The topological polar surface area (TPSA) is 68.5 Å². The zero-order chi connectivity index (χ0) is 22.9. The summed E-state index contributed by atoms with van der Waals surface area (Å²) in [5.74, 6) is 1.06. The van der Waals surface area contributed by atoms with Crippen molar-refractivity contribution in [3.63, 3.8) is 0 Å². The second-order valence-electron chi connectivity index (χ2n) is 6.62. The van der Waals surface area contributed by atoms with E-state index in [0.717, 1.165) is 16.7 Å². The third-order valence-corrected chi connectivity index (χ3v) is 4.72. The molecule has 160 valence electrons. The van der Waals surface area contributed by atoms with E-state index in [1.54, 1.807) is 87.0 Å². The lowest BCUT2D eigenvalue weighted by Crippen LogP contribution is -2.03. The van der Waals surface area contributed by atoms with E-state index in [-0.39, 0.29) is 0 Å². The molecule has 3 aromatic carbocycles. The van der Waals surface area contributed by atoms with Crippen molar-refractivity contribution in [2.45, 2.75) is 0 Å². The Balaban J connectivity index is 1.67. The highest BCUT2D eigenvalue weighted by Crippen LogP contribution is 2.28. The molecule has 6 heteroatoms. The van der Waals surface area contributed by atoms with Crippen LogP contribution in [0.1, 0.15) is 16.7 Å². The number of carbonyl (C=O) groups excluding carboxylic acids is 1. The molecule has 0 atom stereocenters. The van der Waals surface area contributed by atoms with Gasteiger partial charge in [0.1, 0.15) is 5.75 Å². The number of halogens is 1. The standard InChI is InChI=1S/C26H20ClNO4/c1-30-24-12-8-19(15-25(24)31-2)9-13-26(29)32-23-10-6-18(7-11-23)14-21(17-28)20-4-3-5-22(27)16-20/h3-16H,1-2H3/b13-9+,21-14-. The van der Waals surface area contributed by atoms with Crippen molar-refractivity contribution in [3.05, 3.63) is 94.5 Å². The zero-order valence-corrected chi connectivity index (χ0v) is 18.3. The van der Waals surface area contributed by atoms with E-state index in [2.05, 4.69) is 6.07 Å². The van der Waals surface area contributed by atoms with Crippen molar-refractivity contribution in [2.24, 2.45) is 0 Å². The number of nitriles is 1. The van der Waals surface area contributed by atoms with Gasteiger partial charge in [-0.05, 0) is 65.2 Å². The van der Waals surface area contributed by atoms with E-state index in [1.165, 1.54) is 6.08 Å². The van der Waals surface area contributed by atoms with Crippen LogP contribution in [0.4, 0.5) is 0 Å². The largest absolute Gasteiger partial charge is 0.493 e. The highest BCUT2D eigenvalue weighted by Gasteiger charge is 2.05. The number of esters is 1. The van der Waals surface area contributed by atoms with Gasteiger partial charge in [-0.1, -0.05) is 41.9 Å². The highest BCUT2D eigenvalue weighted by molar-refractivity contribution is 6.30. The van der Waals surface area contributed by atoms with E-state index in [9.17, 15) is 10.1 Å². The number of nitrogens with zero attached hydrogens (tertiary/aromatic N) is 1. The molecule has 0 unspecified atom stereocenters. The van der Waals surface area contributed by atoms with Crippen LogP contribution in [0.25, 0.3) is 17.7 Å². The third kappa shape index (κ3) is 6.00. The van der Waals surface area contributed by atoms with Gasteiger partial charge in [-0.25, -0.2) is 4.79 Å². The molecule has 0 spiro atoms. The minimum Gasteiger partial charge on any atom is -0.493 e. The Kier molecular flexibility index (Phi) is 7.69. The molecule has 0 saturated heterocycles. The van der Waals surface area contributed by atoms with Crippen LogP contribution in [0.15, 0.2) is 72.8 Å². The summed E-state index contributed by atoms with van der Waals surface area (Å²) in [5.41, 5.74) is 2.78. The predicted octanol–water partition coefficient (Wildman–Crippen LogP) is 6.04. The van der Waals surface area contributed by atoms with Gasteiger partial charge in [0.2, 0.25) is 0 Å². The average Bonchev–Trinajstić information content (AvgIpc) is 2.82. The summed E-state index contributed by atoms with van der Waals surface area (Å²) >= 11 is 6.01. The molecule has 3 rings (SSSR count). The van der Waals surface area contributed by atoms with Crippen molar-refractivity contribution < 1.29 is 19.0 Å². The van der Waals surface area contributed by atoms with Crippen LogP contribution < -0.4 is 14.2 Å². The Labute approximate surface area is 191 Å². The molecule has 5 nitrogen and oxygen atoms in total. The molecule has 0 heterocycles. The number of allylic oxidation sites excluding steroid dienone is 1. The van der Waals surface area contributed by atoms with Gasteiger partial charge >= 0.3 is 5.97 Å². The number of ether oxygens (including phenoxy) is 3. The minimum absolute atomic E-state index is 0.394. The number of methoxy groups -OCH3 is 2. The Morgan fingerprint density at radius 1 is 0.938 bits per heavy atom. The molecular formula is C26H20ClNO4. The molecule has 3 aromatic rings. The third-order valence-electron chi connectivity index (χ3n) is 4.49. The molecule has 0 fully saturated rings. The van der Waals surface area contributed by atoms with Gasteiger partial charge in [-0.2, -0.15) is 5.26 Å². The summed E-state index contributed by atoms with van der Waals surface area (Å²) in [6, 6.07) is 21.5. The van der Waals surface area contributed by atoms with E-state index in [4.69, 9.17) is 25.8 Å². The summed E-state index contributed by atoms with van der Waals surface area (Å²) in [4.78, 5) is 12.2. The second-order valence-corrected chi connectivity index (χ2v) is 7.05. The summed E-state index contributed by atoms with van der Waals surface area (Å²) in [7, 11) is 3.11. The smallest absolute Gasteiger partial charge is 0.336 e. The van der Waals surface area contributed by atoms with Crippen LogP contribution in [-0.2, 0) is 4.79 Å². The monoisotopic (exact) mass is 445 g/mol. The van der Waals surface area contributed by atoms with Crippen molar-refractivity contribution >= 4 is 35.3 Å². The number of rotatable bonds is 7.